The molecule has 0 heterocycles. The van der Waals surface area contributed by atoms with Crippen LogP contribution >= 0.6 is 27.5 Å². The van der Waals surface area contributed by atoms with Gasteiger partial charge in [-0.05, 0) is 18.2 Å². The molecule has 5 heteroatoms. The van der Waals surface area contributed by atoms with Gasteiger partial charge in [0.15, 0.2) is 0 Å². The molecular weight excluding hydrogens is 336 g/mol. The van der Waals surface area contributed by atoms with Crippen molar-refractivity contribution in [3.05, 3.63) is 63.6 Å². The minimum Gasteiger partial charge on any atom is -0.377 e. The number of rotatable bonds is 4. The number of halogens is 4. The predicted molar refractivity (Wildman–Crippen MR) is 78.0 cm³/mol. The van der Waals surface area contributed by atoms with Crippen LogP contribution in [0.4, 0.5) is 14.5 Å². The Kier molecular flexibility index (Phi) is 4.42. The second-order valence-electron chi connectivity index (χ2n) is 4.05. The first kappa shape index (κ1) is 14.3. The smallest absolute Gasteiger partial charge is 0.290 e. The molecule has 0 unspecified atom stereocenters. The number of anilines is 1. The topological polar surface area (TPSA) is 12.0 Å². The van der Waals surface area contributed by atoms with E-state index in [1.165, 1.54) is 12.1 Å². The highest BCUT2D eigenvalue weighted by atomic mass is 79.9. The lowest BCUT2D eigenvalue weighted by Crippen LogP contribution is -2.24. The maximum atomic E-state index is 14.0. The van der Waals surface area contributed by atoms with E-state index in [1.54, 1.807) is 36.4 Å². The molecule has 2 aromatic rings. The van der Waals surface area contributed by atoms with Gasteiger partial charge in [-0.2, -0.15) is 8.78 Å². The molecule has 100 valence electrons. The fourth-order valence-corrected chi connectivity index (χ4v) is 2.17. The van der Waals surface area contributed by atoms with Crippen molar-refractivity contribution in [3.8, 4) is 0 Å². The lowest BCUT2D eigenvalue weighted by Gasteiger charge is -2.18. The van der Waals surface area contributed by atoms with E-state index in [0.29, 0.717) is 10.7 Å². The van der Waals surface area contributed by atoms with Crippen LogP contribution in [0, 0.1) is 0 Å². The summed E-state index contributed by atoms with van der Waals surface area (Å²) in [5.41, 5.74) is 0.459. The third kappa shape index (κ3) is 3.67. The zero-order chi connectivity index (χ0) is 13.9. The Balaban J connectivity index is 2.12. The molecule has 0 aliphatic rings. The molecule has 0 radical (unpaired) electrons. The van der Waals surface area contributed by atoms with Crippen molar-refractivity contribution in [2.75, 3.05) is 11.9 Å². The first-order chi connectivity index (χ1) is 8.99. The SMILES string of the molecule is FC(F)(CNc1cc(Br)ccc1Cl)c1ccccc1. The van der Waals surface area contributed by atoms with E-state index >= 15 is 0 Å². The van der Waals surface area contributed by atoms with Crippen molar-refractivity contribution in [2.45, 2.75) is 5.92 Å². The number of hydrogen-bond acceptors (Lipinski definition) is 1. The highest BCUT2D eigenvalue weighted by Crippen LogP contribution is 2.31. The van der Waals surface area contributed by atoms with Crippen LogP contribution in [0.3, 0.4) is 0 Å². The Morgan fingerprint density at radius 1 is 1.11 bits per heavy atom. The largest absolute Gasteiger partial charge is 0.377 e. The second kappa shape index (κ2) is 5.88. The Morgan fingerprint density at radius 3 is 2.47 bits per heavy atom. The first-order valence-electron chi connectivity index (χ1n) is 5.61. The summed E-state index contributed by atoms with van der Waals surface area (Å²) in [6.07, 6.45) is 0. The van der Waals surface area contributed by atoms with Gasteiger partial charge in [0.1, 0.15) is 0 Å². The van der Waals surface area contributed by atoms with Crippen LogP contribution in [0.25, 0.3) is 0 Å². The van der Waals surface area contributed by atoms with Gasteiger partial charge in [0, 0.05) is 10.0 Å². The van der Waals surface area contributed by atoms with E-state index in [4.69, 9.17) is 11.6 Å². The van der Waals surface area contributed by atoms with Crippen molar-refractivity contribution in [3.63, 3.8) is 0 Å². The molecule has 0 bridgehead atoms. The fourth-order valence-electron chi connectivity index (χ4n) is 1.62. The molecule has 0 fully saturated rings. The summed E-state index contributed by atoms with van der Waals surface area (Å²) in [4.78, 5) is 0. The zero-order valence-electron chi connectivity index (χ0n) is 9.84. The number of alkyl halides is 2. The quantitative estimate of drug-likeness (QED) is 0.791. The number of nitrogens with one attached hydrogen (secondary N) is 1. The van der Waals surface area contributed by atoms with Gasteiger partial charge in [0.2, 0.25) is 0 Å². The Hall–Kier alpha value is -1.13. The van der Waals surface area contributed by atoms with Crippen molar-refractivity contribution in [2.24, 2.45) is 0 Å². The average molecular weight is 347 g/mol. The summed E-state index contributed by atoms with van der Waals surface area (Å²) < 4.78 is 28.7. The monoisotopic (exact) mass is 345 g/mol. The summed E-state index contributed by atoms with van der Waals surface area (Å²) in [7, 11) is 0. The zero-order valence-corrected chi connectivity index (χ0v) is 12.2. The lowest BCUT2D eigenvalue weighted by atomic mass is 10.1. The van der Waals surface area contributed by atoms with Crippen molar-refractivity contribution in [1.82, 2.24) is 0 Å². The summed E-state index contributed by atoms with van der Waals surface area (Å²) in [5.74, 6) is -2.95. The minimum absolute atomic E-state index is 0.0198. The van der Waals surface area contributed by atoms with Gasteiger partial charge < -0.3 is 5.32 Å². The number of hydrogen-bond donors (Lipinski definition) is 1. The fraction of sp³-hybridized carbons (Fsp3) is 0.143. The van der Waals surface area contributed by atoms with Crippen LogP contribution < -0.4 is 5.32 Å². The maximum absolute atomic E-state index is 14.0. The average Bonchev–Trinajstić information content (AvgIpc) is 2.41. The maximum Gasteiger partial charge on any atom is 0.290 e. The van der Waals surface area contributed by atoms with Gasteiger partial charge >= 0.3 is 0 Å². The molecular formula is C14H11BrClF2N. The van der Waals surface area contributed by atoms with Gasteiger partial charge in [-0.25, -0.2) is 0 Å². The van der Waals surface area contributed by atoms with Crippen LogP contribution in [0.15, 0.2) is 53.0 Å². The van der Waals surface area contributed by atoms with Gasteiger partial charge in [0.25, 0.3) is 5.92 Å². The van der Waals surface area contributed by atoms with E-state index in [2.05, 4.69) is 21.2 Å². The van der Waals surface area contributed by atoms with E-state index in [-0.39, 0.29) is 5.56 Å². The van der Waals surface area contributed by atoms with Crippen LogP contribution in [0.1, 0.15) is 5.56 Å². The third-order valence-corrected chi connectivity index (χ3v) is 3.45. The van der Waals surface area contributed by atoms with Crippen LogP contribution in [-0.2, 0) is 5.92 Å². The molecule has 0 saturated heterocycles. The van der Waals surface area contributed by atoms with E-state index < -0.39 is 12.5 Å². The lowest BCUT2D eigenvalue weighted by molar-refractivity contribution is 0.0106. The summed E-state index contributed by atoms with van der Waals surface area (Å²) in [6.45, 7) is -0.507. The molecule has 0 saturated carbocycles. The molecule has 0 aliphatic carbocycles. The molecule has 1 N–H and O–H groups in total. The van der Waals surface area contributed by atoms with Crippen LogP contribution in [0.5, 0.6) is 0 Å². The van der Waals surface area contributed by atoms with E-state index in [0.717, 1.165) is 4.47 Å². The molecule has 1 nitrogen and oxygen atoms in total. The van der Waals surface area contributed by atoms with Crippen LogP contribution in [-0.4, -0.2) is 6.54 Å². The molecule has 0 aromatic heterocycles. The molecule has 2 aromatic carbocycles. The molecule has 0 atom stereocenters. The normalized spacial score (nSPS) is 11.4. The van der Waals surface area contributed by atoms with E-state index in [1.807, 2.05) is 0 Å². The standard InChI is InChI=1S/C14H11BrClF2N/c15-11-6-7-12(16)13(8-11)19-9-14(17,18)10-4-2-1-3-5-10/h1-8,19H,9H2. The third-order valence-electron chi connectivity index (χ3n) is 2.63. The first-order valence-corrected chi connectivity index (χ1v) is 6.78. The highest BCUT2D eigenvalue weighted by molar-refractivity contribution is 9.10. The van der Waals surface area contributed by atoms with Crippen molar-refractivity contribution >= 4 is 33.2 Å². The van der Waals surface area contributed by atoms with Crippen LogP contribution in [0.2, 0.25) is 5.02 Å². The summed E-state index contributed by atoms with van der Waals surface area (Å²) in [5, 5.41) is 3.09. The second-order valence-corrected chi connectivity index (χ2v) is 5.37. The molecule has 0 spiro atoms. The molecule has 0 amide bonds. The molecule has 0 aliphatic heterocycles. The Morgan fingerprint density at radius 2 is 1.79 bits per heavy atom. The molecule has 2 rings (SSSR count). The summed E-state index contributed by atoms with van der Waals surface area (Å²) >= 11 is 9.22. The highest BCUT2D eigenvalue weighted by Gasteiger charge is 2.31. The summed E-state index contributed by atoms with van der Waals surface area (Å²) in [6, 6.07) is 12.8. The van der Waals surface area contributed by atoms with E-state index in [9.17, 15) is 8.78 Å². The predicted octanol–water partition coefficient (Wildman–Crippen LogP) is 5.31. The Labute approximate surface area is 123 Å². The van der Waals surface area contributed by atoms with Crippen molar-refractivity contribution < 1.29 is 8.78 Å². The Bertz CT molecular complexity index is 561. The van der Waals surface area contributed by atoms with Gasteiger partial charge in [-0.3, -0.25) is 0 Å². The van der Waals surface area contributed by atoms with Crippen molar-refractivity contribution in [1.29, 1.82) is 0 Å². The minimum atomic E-state index is -2.95. The van der Waals surface area contributed by atoms with Gasteiger partial charge in [-0.1, -0.05) is 57.9 Å². The number of benzene rings is 2. The van der Waals surface area contributed by atoms with Gasteiger partial charge in [-0.15, -0.1) is 0 Å². The van der Waals surface area contributed by atoms with Gasteiger partial charge in [0.05, 0.1) is 17.3 Å². The molecule has 19 heavy (non-hydrogen) atoms.